The van der Waals surface area contributed by atoms with Crippen LogP contribution in [0.25, 0.3) is 0 Å². The average Bonchev–Trinajstić information content (AvgIpc) is 2.63. The highest BCUT2D eigenvalue weighted by molar-refractivity contribution is 5.93. The Morgan fingerprint density at radius 2 is 2.00 bits per heavy atom. The molecule has 1 aromatic heterocycles. The van der Waals surface area contributed by atoms with E-state index in [1.807, 2.05) is 24.3 Å². The second kappa shape index (κ2) is 7.09. The van der Waals surface area contributed by atoms with Crippen LogP contribution >= 0.6 is 0 Å². The van der Waals surface area contributed by atoms with Crippen molar-refractivity contribution in [3.63, 3.8) is 0 Å². The van der Waals surface area contributed by atoms with Crippen LogP contribution in [-0.4, -0.2) is 36.1 Å². The largest absolute Gasteiger partial charge is 0.497 e. The van der Waals surface area contributed by atoms with E-state index < -0.39 is 0 Å². The third-order valence-electron chi connectivity index (χ3n) is 3.98. The predicted molar refractivity (Wildman–Crippen MR) is 88.6 cm³/mol. The number of ether oxygens (including phenoxy) is 1. The van der Waals surface area contributed by atoms with Crippen molar-refractivity contribution < 1.29 is 9.53 Å². The van der Waals surface area contributed by atoms with Crippen molar-refractivity contribution in [1.29, 1.82) is 0 Å². The molecule has 0 radical (unpaired) electrons. The number of methoxy groups -OCH3 is 1. The van der Waals surface area contributed by atoms with E-state index in [-0.39, 0.29) is 11.8 Å². The molecule has 3 rings (SSSR count). The number of nitrogens with zero attached hydrogens (tertiary/aromatic N) is 3. The Hall–Kier alpha value is -2.63. The summed E-state index contributed by atoms with van der Waals surface area (Å²) >= 11 is 0. The lowest BCUT2D eigenvalue weighted by Gasteiger charge is -2.31. The van der Waals surface area contributed by atoms with Crippen molar-refractivity contribution in [1.82, 2.24) is 9.97 Å². The molecule has 6 nitrogen and oxygen atoms in total. The number of carbonyl (C=O) groups excluding carboxylic acids is 1. The molecular weight excluding hydrogens is 292 g/mol. The molecule has 1 aromatic carbocycles. The van der Waals surface area contributed by atoms with E-state index >= 15 is 0 Å². The maximum atomic E-state index is 12.5. The van der Waals surface area contributed by atoms with Gasteiger partial charge in [-0.2, -0.15) is 0 Å². The van der Waals surface area contributed by atoms with Gasteiger partial charge in [0.05, 0.1) is 13.0 Å². The molecule has 1 saturated heterocycles. The molecule has 1 aliphatic rings. The number of carbonyl (C=O) groups is 1. The molecule has 0 bridgehead atoms. The van der Waals surface area contributed by atoms with Crippen LogP contribution in [0, 0.1) is 5.92 Å². The maximum absolute atomic E-state index is 12.5. The summed E-state index contributed by atoms with van der Waals surface area (Å²) in [6, 6.07) is 9.15. The standard InChI is InChI=1S/C17H20N4O2/c1-23-15-7-5-14(6-8-15)20-16(22)13-4-2-11-21(12-13)17-18-9-3-10-19-17/h3,5-10,13H,2,4,11-12H2,1H3,(H,20,22)/t13-/m0/s1. The molecule has 6 heteroatoms. The second-order valence-corrected chi connectivity index (χ2v) is 5.55. The van der Waals surface area contributed by atoms with Gasteiger partial charge in [-0.25, -0.2) is 9.97 Å². The fraction of sp³-hybridized carbons (Fsp3) is 0.353. The van der Waals surface area contributed by atoms with Gasteiger partial charge in [0.25, 0.3) is 0 Å². The molecule has 0 aliphatic carbocycles. The predicted octanol–water partition coefficient (Wildman–Crippen LogP) is 2.34. The smallest absolute Gasteiger partial charge is 0.229 e. The lowest BCUT2D eigenvalue weighted by Crippen LogP contribution is -2.41. The Bertz CT molecular complexity index is 645. The lowest BCUT2D eigenvalue weighted by atomic mass is 9.97. The van der Waals surface area contributed by atoms with Crippen molar-refractivity contribution in [3.05, 3.63) is 42.7 Å². The van der Waals surface area contributed by atoms with Gasteiger partial charge in [0, 0.05) is 31.2 Å². The first kappa shape index (κ1) is 15.3. The third-order valence-corrected chi connectivity index (χ3v) is 3.98. The molecule has 0 unspecified atom stereocenters. The van der Waals surface area contributed by atoms with Gasteiger partial charge in [-0.3, -0.25) is 4.79 Å². The Morgan fingerprint density at radius 1 is 1.26 bits per heavy atom. The summed E-state index contributed by atoms with van der Waals surface area (Å²) in [5.74, 6) is 1.44. The quantitative estimate of drug-likeness (QED) is 0.938. The zero-order valence-corrected chi connectivity index (χ0v) is 13.1. The molecule has 1 fully saturated rings. The Labute approximate surface area is 135 Å². The van der Waals surface area contributed by atoms with Crippen molar-refractivity contribution in [2.45, 2.75) is 12.8 Å². The number of aromatic nitrogens is 2. The van der Waals surface area contributed by atoms with Gasteiger partial charge in [0.1, 0.15) is 5.75 Å². The number of hydrogen-bond donors (Lipinski definition) is 1. The van der Waals surface area contributed by atoms with Crippen LogP contribution < -0.4 is 15.0 Å². The van der Waals surface area contributed by atoms with E-state index in [0.717, 1.165) is 30.8 Å². The van der Waals surface area contributed by atoms with E-state index in [2.05, 4.69) is 20.2 Å². The fourth-order valence-corrected chi connectivity index (χ4v) is 2.75. The van der Waals surface area contributed by atoms with Gasteiger partial charge in [-0.15, -0.1) is 0 Å². The molecule has 1 N–H and O–H groups in total. The molecule has 0 spiro atoms. The normalized spacial score (nSPS) is 17.6. The molecular formula is C17H20N4O2. The Morgan fingerprint density at radius 3 is 2.70 bits per heavy atom. The summed E-state index contributed by atoms with van der Waals surface area (Å²) in [6.45, 7) is 1.53. The van der Waals surface area contributed by atoms with Gasteiger partial charge < -0.3 is 15.0 Å². The van der Waals surface area contributed by atoms with Crippen LogP contribution in [0.15, 0.2) is 42.7 Å². The average molecular weight is 312 g/mol. The minimum Gasteiger partial charge on any atom is -0.497 e. The monoisotopic (exact) mass is 312 g/mol. The number of hydrogen-bond acceptors (Lipinski definition) is 5. The number of amides is 1. The first-order chi connectivity index (χ1) is 11.3. The van der Waals surface area contributed by atoms with Crippen molar-refractivity contribution in [2.75, 3.05) is 30.4 Å². The van der Waals surface area contributed by atoms with Crippen LogP contribution in [0.1, 0.15) is 12.8 Å². The first-order valence-corrected chi connectivity index (χ1v) is 7.73. The Balaban J connectivity index is 1.62. The van der Waals surface area contributed by atoms with E-state index in [1.54, 1.807) is 25.6 Å². The SMILES string of the molecule is COc1ccc(NC(=O)[C@H]2CCCN(c3ncccn3)C2)cc1. The van der Waals surface area contributed by atoms with Gasteiger partial charge in [-0.1, -0.05) is 0 Å². The molecule has 23 heavy (non-hydrogen) atoms. The highest BCUT2D eigenvalue weighted by atomic mass is 16.5. The molecule has 2 aromatic rings. The van der Waals surface area contributed by atoms with Crippen LogP contribution in [-0.2, 0) is 4.79 Å². The van der Waals surface area contributed by atoms with Gasteiger partial charge in [0.2, 0.25) is 11.9 Å². The van der Waals surface area contributed by atoms with Crippen LogP contribution in [0.5, 0.6) is 5.75 Å². The zero-order chi connectivity index (χ0) is 16.1. The number of benzene rings is 1. The molecule has 1 aliphatic heterocycles. The first-order valence-electron chi connectivity index (χ1n) is 7.73. The summed E-state index contributed by atoms with van der Waals surface area (Å²) < 4.78 is 5.12. The zero-order valence-electron chi connectivity index (χ0n) is 13.1. The number of rotatable bonds is 4. The fourth-order valence-electron chi connectivity index (χ4n) is 2.75. The number of piperidine rings is 1. The molecule has 1 amide bonds. The minimum absolute atomic E-state index is 0.0378. The van der Waals surface area contributed by atoms with Crippen LogP contribution in [0.4, 0.5) is 11.6 Å². The summed E-state index contributed by atoms with van der Waals surface area (Å²) in [4.78, 5) is 23.1. The summed E-state index contributed by atoms with van der Waals surface area (Å²) in [5.41, 5.74) is 0.781. The van der Waals surface area contributed by atoms with Crippen molar-refractivity contribution in [3.8, 4) is 5.75 Å². The highest BCUT2D eigenvalue weighted by Gasteiger charge is 2.27. The highest BCUT2D eigenvalue weighted by Crippen LogP contribution is 2.22. The number of anilines is 2. The topological polar surface area (TPSA) is 67.3 Å². The summed E-state index contributed by atoms with van der Waals surface area (Å²) in [7, 11) is 1.62. The number of nitrogens with one attached hydrogen (secondary N) is 1. The summed E-state index contributed by atoms with van der Waals surface area (Å²) in [6.07, 6.45) is 5.29. The minimum atomic E-state index is -0.0605. The van der Waals surface area contributed by atoms with Crippen molar-refractivity contribution >= 4 is 17.5 Å². The second-order valence-electron chi connectivity index (χ2n) is 5.55. The van der Waals surface area contributed by atoms with E-state index in [1.165, 1.54) is 0 Å². The van der Waals surface area contributed by atoms with Gasteiger partial charge in [-0.05, 0) is 43.2 Å². The molecule has 2 heterocycles. The third kappa shape index (κ3) is 3.77. The van der Waals surface area contributed by atoms with Crippen molar-refractivity contribution in [2.24, 2.45) is 5.92 Å². The maximum Gasteiger partial charge on any atom is 0.229 e. The Kier molecular flexibility index (Phi) is 4.71. The van der Waals surface area contributed by atoms with Crippen LogP contribution in [0.2, 0.25) is 0 Å². The summed E-state index contributed by atoms with van der Waals surface area (Å²) in [5, 5.41) is 2.97. The van der Waals surface area contributed by atoms with Gasteiger partial charge in [0.15, 0.2) is 0 Å². The van der Waals surface area contributed by atoms with E-state index in [9.17, 15) is 4.79 Å². The molecule has 1 atom stereocenters. The molecule has 0 saturated carbocycles. The lowest BCUT2D eigenvalue weighted by molar-refractivity contribution is -0.120. The van der Waals surface area contributed by atoms with E-state index in [4.69, 9.17) is 4.74 Å². The van der Waals surface area contributed by atoms with E-state index in [0.29, 0.717) is 12.5 Å². The van der Waals surface area contributed by atoms with Gasteiger partial charge >= 0.3 is 0 Å². The molecule has 120 valence electrons. The van der Waals surface area contributed by atoms with Crippen LogP contribution in [0.3, 0.4) is 0 Å².